The van der Waals surface area contributed by atoms with Crippen LogP contribution in [0.3, 0.4) is 0 Å². The topological polar surface area (TPSA) is 69.6 Å². The molecule has 0 aromatic heterocycles. The molecular weight excluding hydrogens is 388 g/mol. The molecule has 4 aromatic rings. The summed E-state index contributed by atoms with van der Waals surface area (Å²) in [6, 6.07) is 29.4. The number of nitrogens with zero attached hydrogens (tertiary/aromatic N) is 1. The van der Waals surface area contributed by atoms with Gasteiger partial charge in [0, 0.05) is 29.5 Å². The van der Waals surface area contributed by atoms with Crippen molar-refractivity contribution in [2.45, 2.75) is 13.1 Å². The minimum atomic E-state index is -0.720. The van der Waals surface area contributed by atoms with Crippen LogP contribution >= 0.6 is 0 Å². The third-order valence-corrected chi connectivity index (χ3v) is 5.06. The largest absolute Gasteiger partial charge is 0.507 e. The molecule has 4 aromatic carbocycles. The van der Waals surface area contributed by atoms with Crippen LogP contribution in [0.4, 0.5) is 5.69 Å². The van der Waals surface area contributed by atoms with Crippen LogP contribution in [-0.4, -0.2) is 21.8 Å². The van der Waals surface area contributed by atoms with Gasteiger partial charge in [0.25, 0.3) is 0 Å². The lowest BCUT2D eigenvalue weighted by Crippen LogP contribution is -2.39. The number of nitrogens with one attached hydrogen (secondary N) is 1. The molecule has 2 N–H and O–H groups in total. The van der Waals surface area contributed by atoms with Gasteiger partial charge in [0.05, 0.1) is 0 Å². The fraction of sp³-hybridized carbons (Fsp3) is 0.0769. The van der Waals surface area contributed by atoms with E-state index in [9.17, 15) is 14.7 Å². The lowest BCUT2D eigenvalue weighted by atomic mass is 10.1. The number of carbonyl (C=O) groups is 2. The SMILES string of the molecule is O=C(Nc1cccc2c(O)cccc12)C(=O)N(Cc1ccccc1)Cc1ccccc1. The van der Waals surface area contributed by atoms with Crippen molar-refractivity contribution in [3.8, 4) is 5.75 Å². The Kier molecular flexibility index (Phi) is 5.94. The first-order chi connectivity index (χ1) is 15.1. The molecule has 0 fully saturated rings. The van der Waals surface area contributed by atoms with Gasteiger partial charge in [0.2, 0.25) is 0 Å². The van der Waals surface area contributed by atoms with E-state index < -0.39 is 11.8 Å². The highest BCUT2D eigenvalue weighted by molar-refractivity contribution is 6.40. The number of carbonyl (C=O) groups excluding carboxylic acids is 2. The van der Waals surface area contributed by atoms with Crippen molar-refractivity contribution in [2.24, 2.45) is 0 Å². The molecule has 0 bridgehead atoms. The monoisotopic (exact) mass is 410 g/mol. The lowest BCUT2D eigenvalue weighted by Gasteiger charge is -2.22. The van der Waals surface area contributed by atoms with E-state index in [1.165, 1.54) is 4.90 Å². The third-order valence-electron chi connectivity index (χ3n) is 5.06. The summed E-state index contributed by atoms with van der Waals surface area (Å²) in [6.45, 7) is 0.636. The first kappa shape index (κ1) is 20.2. The molecule has 0 saturated heterocycles. The second-order valence-electron chi connectivity index (χ2n) is 7.26. The van der Waals surface area contributed by atoms with Crippen molar-refractivity contribution in [1.29, 1.82) is 0 Å². The quantitative estimate of drug-likeness (QED) is 0.468. The summed E-state index contributed by atoms with van der Waals surface area (Å²) >= 11 is 0. The molecule has 0 heterocycles. The first-order valence-electron chi connectivity index (χ1n) is 10.0. The molecule has 2 amide bonds. The van der Waals surface area contributed by atoms with Gasteiger partial charge in [-0.2, -0.15) is 0 Å². The number of fused-ring (bicyclic) bond motifs is 1. The number of hydrogen-bond donors (Lipinski definition) is 2. The minimum Gasteiger partial charge on any atom is -0.507 e. The van der Waals surface area contributed by atoms with Gasteiger partial charge in [-0.25, -0.2) is 0 Å². The lowest BCUT2D eigenvalue weighted by molar-refractivity contribution is -0.144. The van der Waals surface area contributed by atoms with Crippen LogP contribution in [0.2, 0.25) is 0 Å². The molecule has 0 aliphatic heterocycles. The molecule has 154 valence electrons. The molecule has 4 rings (SSSR count). The number of phenols is 1. The highest BCUT2D eigenvalue weighted by Crippen LogP contribution is 2.29. The number of aromatic hydroxyl groups is 1. The normalized spacial score (nSPS) is 10.6. The summed E-state index contributed by atoms with van der Waals surface area (Å²) in [5, 5.41) is 14.1. The zero-order valence-electron chi connectivity index (χ0n) is 16.9. The maximum atomic E-state index is 13.1. The summed E-state index contributed by atoms with van der Waals surface area (Å²) in [5.74, 6) is -1.22. The van der Waals surface area contributed by atoms with Gasteiger partial charge in [-0.3, -0.25) is 9.59 Å². The van der Waals surface area contributed by atoms with E-state index in [0.29, 0.717) is 29.5 Å². The average molecular weight is 410 g/mol. The maximum Gasteiger partial charge on any atom is 0.313 e. The number of phenolic OH excluding ortho intramolecular Hbond substituents is 1. The Morgan fingerprint density at radius 3 is 1.84 bits per heavy atom. The number of hydrogen-bond acceptors (Lipinski definition) is 3. The molecule has 5 heteroatoms. The van der Waals surface area contributed by atoms with E-state index >= 15 is 0 Å². The zero-order valence-corrected chi connectivity index (χ0v) is 16.9. The smallest absolute Gasteiger partial charge is 0.313 e. The third kappa shape index (κ3) is 4.73. The standard InChI is InChI=1S/C26H22N2O3/c29-24-16-8-13-21-22(24)14-7-15-23(21)27-25(30)26(31)28(17-19-9-3-1-4-10-19)18-20-11-5-2-6-12-20/h1-16,29H,17-18H2,(H,27,30). The second kappa shape index (κ2) is 9.13. The van der Waals surface area contributed by atoms with Gasteiger partial charge in [0.15, 0.2) is 0 Å². The maximum absolute atomic E-state index is 13.1. The number of benzene rings is 4. The Bertz CT molecular complexity index is 1170. The van der Waals surface area contributed by atoms with E-state index in [4.69, 9.17) is 0 Å². The van der Waals surface area contributed by atoms with Gasteiger partial charge in [0.1, 0.15) is 5.75 Å². The highest BCUT2D eigenvalue weighted by atomic mass is 16.3. The van der Waals surface area contributed by atoms with Crippen LogP contribution in [0.15, 0.2) is 97.1 Å². The number of rotatable bonds is 5. The van der Waals surface area contributed by atoms with E-state index in [1.54, 1.807) is 36.4 Å². The molecule has 31 heavy (non-hydrogen) atoms. The summed E-state index contributed by atoms with van der Waals surface area (Å²) in [5.41, 5.74) is 2.36. The van der Waals surface area contributed by atoms with Crippen molar-refractivity contribution in [1.82, 2.24) is 4.90 Å². The van der Waals surface area contributed by atoms with Crippen LogP contribution < -0.4 is 5.32 Å². The van der Waals surface area contributed by atoms with E-state index in [2.05, 4.69) is 5.32 Å². The van der Waals surface area contributed by atoms with Crippen molar-refractivity contribution in [2.75, 3.05) is 5.32 Å². The Hall–Kier alpha value is -4.12. The van der Waals surface area contributed by atoms with Crippen molar-refractivity contribution in [3.63, 3.8) is 0 Å². The van der Waals surface area contributed by atoms with E-state index in [1.807, 2.05) is 60.7 Å². The van der Waals surface area contributed by atoms with Crippen molar-refractivity contribution >= 4 is 28.3 Å². The molecule has 0 atom stereocenters. The van der Waals surface area contributed by atoms with Crippen LogP contribution in [0.5, 0.6) is 5.75 Å². The minimum absolute atomic E-state index is 0.120. The molecule has 0 spiro atoms. The van der Waals surface area contributed by atoms with Crippen molar-refractivity contribution in [3.05, 3.63) is 108 Å². The van der Waals surface area contributed by atoms with Gasteiger partial charge < -0.3 is 15.3 Å². The van der Waals surface area contributed by atoms with Crippen LogP contribution in [0.25, 0.3) is 10.8 Å². The molecule has 0 saturated carbocycles. The first-order valence-corrected chi connectivity index (χ1v) is 10.0. The van der Waals surface area contributed by atoms with Gasteiger partial charge in [-0.1, -0.05) is 84.9 Å². The zero-order chi connectivity index (χ0) is 21.6. The predicted octanol–water partition coefficient (Wildman–Crippen LogP) is 4.71. The second-order valence-corrected chi connectivity index (χ2v) is 7.26. The Morgan fingerprint density at radius 1 is 0.677 bits per heavy atom. The van der Waals surface area contributed by atoms with Crippen molar-refractivity contribution < 1.29 is 14.7 Å². The van der Waals surface area contributed by atoms with Gasteiger partial charge in [-0.15, -0.1) is 0 Å². The Morgan fingerprint density at radius 2 is 1.23 bits per heavy atom. The fourth-order valence-corrected chi connectivity index (χ4v) is 3.53. The van der Waals surface area contributed by atoms with E-state index in [-0.39, 0.29) is 5.75 Å². The molecule has 0 aliphatic rings. The molecule has 5 nitrogen and oxygen atoms in total. The van der Waals surface area contributed by atoms with Gasteiger partial charge >= 0.3 is 11.8 Å². The summed E-state index contributed by atoms with van der Waals surface area (Å²) in [7, 11) is 0. The van der Waals surface area contributed by atoms with Crippen LogP contribution in [0, 0.1) is 0 Å². The number of anilines is 1. The number of amides is 2. The summed E-state index contributed by atoms with van der Waals surface area (Å²) in [4.78, 5) is 27.6. The molecule has 0 radical (unpaired) electrons. The molecule has 0 aliphatic carbocycles. The molecule has 0 unspecified atom stereocenters. The summed E-state index contributed by atoms with van der Waals surface area (Å²) in [6.07, 6.45) is 0. The average Bonchev–Trinajstić information content (AvgIpc) is 2.80. The predicted molar refractivity (Wildman–Crippen MR) is 121 cm³/mol. The highest BCUT2D eigenvalue weighted by Gasteiger charge is 2.23. The Labute approximate surface area is 180 Å². The fourth-order valence-electron chi connectivity index (χ4n) is 3.53. The van der Waals surface area contributed by atoms with Gasteiger partial charge in [-0.05, 0) is 23.3 Å². The van der Waals surface area contributed by atoms with E-state index in [0.717, 1.165) is 11.1 Å². The summed E-state index contributed by atoms with van der Waals surface area (Å²) < 4.78 is 0. The Balaban J connectivity index is 1.59. The van der Waals surface area contributed by atoms with Crippen LogP contribution in [-0.2, 0) is 22.7 Å². The van der Waals surface area contributed by atoms with Crippen LogP contribution in [0.1, 0.15) is 11.1 Å². The molecular formula is C26H22N2O3.